The van der Waals surface area contributed by atoms with E-state index in [0.29, 0.717) is 0 Å². The van der Waals surface area contributed by atoms with Gasteiger partial charge in [-0.2, -0.15) is 0 Å². The van der Waals surface area contributed by atoms with Gasteiger partial charge in [0.2, 0.25) is 0 Å². The fourth-order valence-electron chi connectivity index (χ4n) is 0.704. The van der Waals surface area contributed by atoms with Gasteiger partial charge >= 0.3 is 0 Å². The van der Waals surface area contributed by atoms with Crippen molar-refractivity contribution in [3.05, 3.63) is 27.1 Å². The Morgan fingerprint density at radius 2 is 1.75 bits per heavy atom. The lowest BCUT2D eigenvalue weighted by Gasteiger charge is -2.00. The first kappa shape index (κ1) is 11.0. The molecule has 0 aliphatic carbocycles. The van der Waals surface area contributed by atoms with Crippen molar-refractivity contribution in [1.29, 1.82) is 0 Å². The number of benzene rings is 1. The molecule has 0 radical (unpaired) electrons. The van der Waals surface area contributed by atoms with Crippen LogP contribution >= 0.6 is 53.4 Å². The maximum absolute atomic E-state index is 3.45. The molecule has 66 valence electrons. The molecule has 1 aromatic carbocycles. The molecule has 0 saturated carbocycles. The van der Waals surface area contributed by atoms with E-state index < -0.39 is 0 Å². The largest absolute Gasteiger partial charge is 0.0892 e. The van der Waals surface area contributed by atoms with Gasteiger partial charge < -0.3 is 0 Å². The Kier molecular flexibility index (Phi) is 5.09. The lowest BCUT2D eigenvalue weighted by Crippen LogP contribution is -1.71. The van der Waals surface area contributed by atoms with Gasteiger partial charge in [0, 0.05) is 19.6 Å². The summed E-state index contributed by atoms with van der Waals surface area (Å²) in [6.45, 7) is 2.16. The fraction of sp³-hybridized carbons (Fsp3) is 0.250. The molecule has 0 saturated heterocycles. The Morgan fingerprint density at radius 1 is 1.17 bits per heavy atom. The topological polar surface area (TPSA) is 0 Å². The van der Waals surface area contributed by atoms with Crippen LogP contribution in [0.1, 0.15) is 6.92 Å². The lowest BCUT2D eigenvalue weighted by molar-refractivity contribution is 1.42. The summed E-state index contributed by atoms with van der Waals surface area (Å²) < 4.78 is 2.24. The summed E-state index contributed by atoms with van der Waals surface area (Å²) in [5.41, 5.74) is 0. The van der Waals surface area contributed by atoms with Crippen LogP contribution < -0.4 is 0 Å². The average Bonchev–Trinajstić information content (AvgIpc) is 1.99. The third-order valence-corrected chi connectivity index (χ3v) is 4.44. The standard InChI is InChI=1S/C8H8Br2S2/c1-2-11-12-8-4-6(9)3-7(10)5-8/h3-5H,2H2,1H3. The Labute approximate surface area is 97.5 Å². The maximum atomic E-state index is 3.45. The Bertz CT molecular complexity index is 243. The van der Waals surface area contributed by atoms with E-state index in [-0.39, 0.29) is 0 Å². The number of halogens is 2. The van der Waals surface area contributed by atoms with E-state index in [9.17, 15) is 0 Å². The van der Waals surface area contributed by atoms with E-state index in [0.717, 1.165) is 14.7 Å². The second-order valence-corrected chi connectivity index (χ2v) is 6.58. The van der Waals surface area contributed by atoms with Crippen LogP contribution in [0.15, 0.2) is 32.0 Å². The second kappa shape index (κ2) is 5.58. The van der Waals surface area contributed by atoms with Crippen LogP contribution in [0.4, 0.5) is 0 Å². The SMILES string of the molecule is CCSSc1cc(Br)cc(Br)c1. The van der Waals surface area contributed by atoms with E-state index in [1.165, 1.54) is 4.90 Å². The predicted octanol–water partition coefficient (Wildman–Crippen LogP) is 4.97. The van der Waals surface area contributed by atoms with Crippen molar-refractivity contribution in [2.75, 3.05) is 5.75 Å². The number of rotatable bonds is 3. The van der Waals surface area contributed by atoms with Gasteiger partial charge in [-0.05, 0) is 18.2 Å². The lowest BCUT2D eigenvalue weighted by atomic mass is 10.4. The zero-order valence-electron chi connectivity index (χ0n) is 6.51. The van der Waals surface area contributed by atoms with Crippen LogP contribution in [0.3, 0.4) is 0 Å². The molecule has 0 amide bonds. The van der Waals surface area contributed by atoms with Crippen LogP contribution in [0, 0.1) is 0 Å². The Morgan fingerprint density at radius 3 is 2.25 bits per heavy atom. The van der Waals surface area contributed by atoms with Crippen LogP contribution in [0.25, 0.3) is 0 Å². The molecule has 1 rings (SSSR count). The van der Waals surface area contributed by atoms with Crippen LogP contribution in [-0.2, 0) is 0 Å². The quantitative estimate of drug-likeness (QED) is 0.719. The van der Waals surface area contributed by atoms with E-state index in [1.807, 2.05) is 16.9 Å². The molecule has 4 heteroatoms. The normalized spacial score (nSPS) is 10.2. The minimum atomic E-state index is 1.12. The molecule has 0 aliphatic rings. The molecular formula is C8H8Br2S2. The van der Waals surface area contributed by atoms with E-state index in [1.54, 1.807) is 10.8 Å². The van der Waals surface area contributed by atoms with Crippen molar-refractivity contribution in [3.8, 4) is 0 Å². The van der Waals surface area contributed by atoms with E-state index in [4.69, 9.17) is 0 Å². The van der Waals surface area contributed by atoms with Crippen molar-refractivity contribution >= 4 is 53.4 Å². The maximum Gasteiger partial charge on any atom is 0.0205 e. The first-order valence-corrected chi connectivity index (χ1v) is 7.38. The summed E-state index contributed by atoms with van der Waals surface area (Å²) in [6.07, 6.45) is 0. The highest BCUT2D eigenvalue weighted by molar-refractivity contribution is 9.11. The Hall–Kier alpha value is 0.880. The van der Waals surface area contributed by atoms with Gasteiger partial charge in [-0.25, -0.2) is 0 Å². The highest BCUT2D eigenvalue weighted by atomic mass is 79.9. The van der Waals surface area contributed by atoms with Crippen molar-refractivity contribution < 1.29 is 0 Å². The summed E-state index contributed by atoms with van der Waals surface area (Å²) in [6, 6.07) is 6.29. The minimum absolute atomic E-state index is 1.12. The zero-order chi connectivity index (χ0) is 8.97. The fourth-order valence-corrected chi connectivity index (χ4v) is 3.95. The molecule has 0 nitrogen and oxygen atoms in total. The molecular weight excluding hydrogens is 320 g/mol. The summed E-state index contributed by atoms with van der Waals surface area (Å²) in [5, 5.41) is 0. The summed E-state index contributed by atoms with van der Waals surface area (Å²) in [5.74, 6) is 1.13. The van der Waals surface area contributed by atoms with Crippen molar-refractivity contribution in [2.45, 2.75) is 11.8 Å². The molecule has 0 spiro atoms. The molecule has 0 bridgehead atoms. The molecule has 0 unspecified atom stereocenters. The van der Waals surface area contributed by atoms with Crippen LogP contribution in [0.2, 0.25) is 0 Å². The second-order valence-electron chi connectivity index (χ2n) is 2.10. The predicted molar refractivity (Wildman–Crippen MR) is 65.8 cm³/mol. The Balaban J connectivity index is 2.72. The van der Waals surface area contributed by atoms with Gasteiger partial charge in [0.05, 0.1) is 0 Å². The smallest absolute Gasteiger partial charge is 0.0205 e. The third-order valence-electron chi connectivity index (χ3n) is 1.11. The molecule has 0 aliphatic heterocycles. The highest BCUT2D eigenvalue weighted by Crippen LogP contribution is 2.34. The van der Waals surface area contributed by atoms with Gasteiger partial charge in [-0.3, -0.25) is 0 Å². The van der Waals surface area contributed by atoms with Crippen molar-refractivity contribution in [1.82, 2.24) is 0 Å². The highest BCUT2D eigenvalue weighted by Gasteiger charge is 1.97. The third kappa shape index (κ3) is 3.73. The number of hydrogen-bond donors (Lipinski definition) is 0. The van der Waals surface area contributed by atoms with E-state index in [2.05, 4.69) is 50.9 Å². The molecule has 0 atom stereocenters. The first-order valence-electron chi connectivity index (χ1n) is 3.48. The minimum Gasteiger partial charge on any atom is -0.0892 e. The van der Waals surface area contributed by atoms with Gasteiger partial charge in [-0.1, -0.05) is 60.4 Å². The monoisotopic (exact) mass is 326 g/mol. The van der Waals surface area contributed by atoms with Gasteiger partial charge in [0.1, 0.15) is 0 Å². The van der Waals surface area contributed by atoms with Gasteiger partial charge in [-0.15, -0.1) is 0 Å². The van der Waals surface area contributed by atoms with Crippen molar-refractivity contribution in [3.63, 3.8) is 0 Å². The average molecular weight is 328 g/mol. The van der Waals surface area contributed by atoms with Gasteiger partial charge in [0.15, 0.2) is 0 Å². The van der Waals surface area contributed by atoms with Crippen LogP contribution in [-0.4, -0.2) is 5.75 Å². The zero-order valence-corrected chi connectivity index (χ0v) is 11.3. The van der Waals surface area contributed by atoms with Gasteiger partial charge in [0.25, 0.3) is 0 Å². The van der Waals surface area contributed by atoms with Crippen molar-refractivity contribution in [2.24, 2.45) is 0 Å². The first-order chi connectivity index (χ1) is 5.72. The molecule has 0 heterocycles. The summed E-state index contributed by atoms with van der Waals surface area (Å²) >= 11 is 6.90. The molecule has 1 aromatic rings. The summed E-state index contributed by atoms with van der Waals surface area (Å²) in [7, 11) is 3.66. The molecule has 0 fully saturated rings. The molecule has 0 N–H and O–H groups in total. The molecule has 0 aromatic heterocycles. The summed E-state index contributed by atoms with van der Waals surface area (Å²) in [4.78, 5) is 1.28. The van der Waals surface area contributed by atoms with E-state index >= 15 is 0 Å². The van der Waals surface area contributed by atoms with Crippen LogP contribution in [0.5, 0.6) is 0 Å². The molecule has 12 heavy (non-hydrogen) atoms. The number of hydrogen-bond acceptors (Lipinski definition) is 2.